The van der Waals surface area contributed by atoms with Gasteiger partial charge in [0.15, 0.2) is 0 Å². The number of para-hydroxylation sites is 2. The fourth-order valence-corrected chi connectivity index (χ4v) is 4.08. The average Bonchev–Trinajstić information content (AvgIpc) is 2.64. The number of hydrogen-bond acceptors (Lipinski definition) is 4. The fraction of sp³-hybridized carbons (Fsp3) is 0.211. The zero-order valence-corrected chi connectivity index (χ0v) is 17.0. The van der Waals surface area contributed by atoms with Crippen LogP contribution in [-0.2, 0) is 14.4 Å². The highest BCUT2D eigenvalue weighted by atomic mass is 79.9. The van der Waals surface area contributed by atoms with Crippen LogP contribution in [0.1, 0.15) is 6.42 Å². The predicted octanol–water partition coefficient (Wildman–Crippen LogP) is 3.35. The minimum Gasteiger partial charge on any atom is -0.336 e. The van der Waals surface area contributed by atoms with Gasteiger partial charge in [-0.1, -0.05) is 24.3 Å². The smallest absolute Gasteiger partial charge is 0.244 e. The van der Waals surface area contributed by atoms with E-state index in [2.05, 4.69) is 26.6 Å². The van der Waals surface area contributed by atoms with Gasteiger partial charge in [0.2, 0.25) is 17.7 Å². The summed E-state index contributed by atoms with van der Waals surface area (Å²) in [6, 6.07) is 14.7. The van der Waals surface area contributed by atoms with Gasteiger partial charge in [-0.15, -0.1) is 11.8 Å². The van der Waals surface area contributed by atoms with Crippen molar-refractivity contribution in [3.05, 3.63) is 53.0 Å². The van der Waals surface area contributed by atoms with Crippen molar-refractivity contribution in [1.29, 1.82) is 0 Å². The molecule has 1 aliphatic rings. The SMILES string of the molecule is CN(CC(=O)Nc1ccccc1Br)C(=O)C[C@@H]1Sc2ccccc2NC1=O. The van der Waals surface area contributed by atoms with Gasteiger partial charge in [0.05, 0.1) is 23.2 Å². The van der Waals surface area contributed by atoms with Crippen LogP contribution in [0, 0.1) is 0 Å². The number of likely N-dealkylation sites (N-methyl/N-ethyl adjacent to an activating group) is 1. The number of thioether (sulfide) groups is 1. The van der Waals surface area contributed by atoms with Crippen LogP contribution in [0.4, 0.5) is 11.4 Å². The number of nitrogens with zero attached hydrogens (tertiary/aromatic N) is 1. The maximum Gasteiger partial charge on any atom is 0.244 e. The molecule has 3 rings (SSSR count). The van der Waals surface area contributed by atoms with Gasteiger partial charge in [-0.25, -0.2) is 0 Å². The molecule has 27 heavy (non-hydrogen) atoms. The summed E-state index contributed by atoms with van der Waals surface area (Å²) in [5, 5.41) is 5.06. The molecule has 2 aromatic rings. The van der Waals surface area contributed by atoms with E-state index in [1.54, 1.807) is 13.1 Å². The van der Waals surface area contributed by atoms with Crippen molar-refractivity contribution in [1.82, 2.24) is 4.90 Å². The quantitative estimate of drug-likeness (QED) is 0.736. The van der Waals surface area contributed by atoms with Crippen LogP contribution >= 0.6 is 27.7 Å². The van der Waals surface area contributed by atoms with Crippen LogP contribution in [0.5, 0.6) is 0 Å². The summed E-state index contributed by atoms with van der Waals surface area (Å²) in [6.07, 6.45) is 0.0314. The molecule has 1 heterocycles. The second kappa shape index (κ2) is 8.58. The fourth-order valence-electron chi connectivity index (χ4n) is 2.60. The Labute approximate surface area is 169 Å². The number of hydrogen-bond donors (Lipinski definition) is 2. The van der Waals surface area contributed by atoms with E-state index >= 15 is 0 Å². The third-order valence-electron chi connectivity index (χ3n) is 4.02. The Morgan fingerprint density at radius 1 is 1.19 bits per heavy atom. The summed E-state index contributed by atoms with van der Waals surface area (Å²) in [7, 11) is 1.56. The van der Waals surface area contributed by atoms with Gasteiger partial charge in [0.25, 0.3) is 0 Å². The van der Waals surface area contributed by atoms with Crippen molar-refractivity contribution in [3.63, 3.8) is 0 Å². The Morgan fingerprint density at radius 3 is 2.67 bits per heavy atom. The maximum absolute atomic E-state index is 12.5. The maximum atomic E-state index is 12.5. The van der Waals surface area contributed by atoms with Gasteiger partial charge in [0.1, 0.15) is 0 Å². The molecule has 140 valence electrons. The summed E-state index contributed by atoms with van der Waals surface area (Å²) in [6.45, 7) is -0.0875. The Kier molecular flexibility index (Phi) is 6.18. The van der Waals surface area contributed by atoms with Crippen LogP contribution < -0.4 is 10.6 Å². The molecule has 0 aromatic heterocycles. The number of anilines is 2. The second-order valence-corrected chi connectivity index (χ2v) is 8.17. The van der Waals surface area contributed by atoms with Crippen LogP contribution in [0.15, 0.2) is 57.9 Å². The standard InChI is InChI=1S/C19H18BrN3O3S/c1-23(11-17(24)21-13-7-3-2-6-12(13)20)18(25)10-16-19(26)22-14-8-4-5-9-15(14)27-16/h2-9,16H,10-11H2,1H3,(H,21,24)(H,22,26)/t16-/m0/s1. The zero-order valence-electron chi connectivity index (χ0n) is 14.6. The molecule has 0 fully saturated rings. The molecule has 2 aromatic carbocycles. The van der Waals surface area contributed by atoms with Crippen LogP contribution in [-0.4, -0.2) is 41.5 Å². The lowest BCUT2D eigenvalue weighted by Crippen LogP contribution is -2.39. The molecule has 2 N–H and O–H groups in total. The van der Waals surface area contributed by atoms with Gasteiger partial charge >= 0.3 is 0 Å². The van der Waals surface area contributed by atoms with Crippen molar-refractivity contribution in [3.8, 4) is 0 Å². The number of fused-ring (bicyclic) bond motifs is 1. The van der Waals surface area contributed by atoms with Crippen molar-refractivity contribution in [2.24, 2.45) is 0 Å². The summed E-state index contributed by atoms with van der Waals surface area (Å²) >= 11 is 4.73. The summed E-state index contributed by atoms with van der Waals surface area (Å²) in [4.78, 5) is 39.2. The Morgan fingerprint density at radius 2 is 1.89 bits per heavy atom. The Bertz CT molecular complexity index is 890. The van der Waals surface area contributed by atoms with Gasteiger partial charge in [0, 0.05) is 22.8 Å². The number of carbonyl (C=O) groups is 3. The molecule has 0 saturated carbocycles. The molecule has 0 bridgehead atoms. The summed E-state index contributed by atoms with van der Waals surface area (Å²) < 4.78 is 0.765. The first kappa shape index (κ1) is 19.4. The van der Waals surface area contributed by atoms with Crippen molar-refractivity contribution in [2.45, 2.75) is 16.6 Å². The highest BCUT2D eigenvalue weighted by Gasteiger charge is 2.30. The molecule has 0 unspecified atom stereocenters. The predicted molar refractivity (Wildman–Crippen MR) is 110 cm³/mol. The zero-order chi connectivity index (χ0) is 19.4. The summed E-state index contributed by atoms with van der Waals surface area (Å²) in [5.41, 5.74) is 1.40. The molecule has 3 amide bonds. The van der Waals surface area contributed by atoms with Crippen LogP contribution in [0.25, 0.3) is 0 Å². The molecular weight excluding hydrogens is 430 g/mol. The van der Waals surface area contributed by atoms with E-state index in [-0.39, 0.29) is 30.7 Å². The minimum atomic E-state index is -0.513. The van der Waals surface area contributed by atoms with Gasteiger partial charge in [-0.05, 0) is 40.2 Å². The molecule has 1 aliphatic heterocycles. The topological polar surface area (TPSA) is 78.5 Å². The first-order valence-electron chi connectivity index (χ1n) is 8.29. The van der Waals surface area contributed by atoms with Gasteiger partial charge in [-0.3, -0.25) is 14.4 Å². The lowest BCUT2D eigenvalue weighted by atomic mass is 10.2. The minimum absolute atomic E-state index is 0.0314. The first-order valence-corrected chi connectivity index (χ1v) is 9.96. The van der Waals surface area contributed by atoms with Crippen molar-refractivity contribution >= 4 is 56.8 Å². The second-order valence-electron chi connectivity index (χ2n) is 6.07. The molecule has 8 heteroatoms. The van der Waals surface area contributed by atoms with E-state index in [4.69, 9.17) is 0 Å². The average molecular weight is 448 g/mol. The monoisotopic (exact) mass is 447 g/mol. The van der Waals surface area contributed by atoms with Crippen molar-refractivity contribution < 1.29 is 14.4 Å². The van der Waals surface area contributed by atoms with Gasteiger partial charge < -0.3 is 15.5 Å². The van der Waals surface area contributed by atoms with E-state index in [9.17, 15) is 14.4 Å². The van der Waals surface area contributed by atoms with E-state index in [0.29, 0.717) is 5.69 Å². The molecule has 0 aliphatic carbocycles. The highest BCUT2D eigenvalue weighted by Crippen LogP contribution is 2.36. The number of halogens is 1. The highest BCUT2D eigenvalue weighted by molar-refractivity contribution is 9.10. The molecular formula is C19H18BrN3O3S. The third-order valence-corrected chi connectivity index (χ3v) is 5.99. The molecule has 0 radical (unpaired) electrons. The lowest BCUT2D eigenvalue weighted by Gasteiger charge is -2.25. The van der Waals surface area contributed by atoms with Gasteiger partial charge in [-0.2, -0.15) is 0 Å². The summed E-state index contributed by atoms with van der Waals surface area (Å²) in [5.74, 6) is -0.758. The van der Waals surface area contributed by atoms with Crippen molar-refractivity contribution in [2.75, 3.05) is 24.2 Å². The van der Waals surface area contributed by atoms with Crippen LogP contribution in [0.3, 0.4) is 0 Å². The molecule has 6 nitrogen and oxygen atoms in total. The third kappa shape index (κ3) is 4.90. The number of carbonyl (C=O) groups excluding carboxylic acids is 3. The van der Waals surface area contributed by atoms with Crippen LogP contribution in [0.2, 0.25) is 0 Å². The largest absolute Gasteiger partial charge is 0.336 e. The molecule has 0 saturated heterocycles. The molecule has 0 spiro atoms. The Balaban J connectivity index is 1.55. The number of nitrogens with one attached hydrogen (secondary N) is 2. The van der Waals surface area contributed by atoms with E-state index in [0.717, 1.165) is 15.1 Å². The lowest BCUT2D eigenvalue weighted by molar-refractivity contribution is -0.134. The Hall–Kier alpha value is -2.32. The number of amides is 3. The normalized spacial score (nSPS) is 15.5. The number of benzene rings is 2. The van der Waals surface area contributed by atoms with E-state index < -0.39 is 5.25 Å². The number of rotatable bonds is 5. The van der Waals surface area contributed by atoms with E-state index in [1.807, 2.05) is 42.5 Å². The van der Waals surface area contributed by atoms with E-state index in [1.165, 1.54) is 16.7 Å². The first-order chi connectivity index (χ1) is 12.9. The molecule has 1 atom stereocenters.